The lowest BCUT2D eigenvalue weighted by atomic mass is 10.0. The highest BCUT2D eigenvalue weighted by molar-refractivity contribution is 14.2. The minimum Gasteiger partial charge on any atom is -0.496 e. The van der Waals surface area contributed by atoms with Gasteiger partial charge in [0.15, 0.2) is 11.8 Å². The Labute approximate surface area is 188 Å². The molecule has 0 amide bonds. The zero-order chi connectivity index (χ0) is 21.3. The van der Waals surface area contributed by atoms with E-state index >= 15 is 0 Å². The smallest absolute Gasteiger partial charge is 0.338 e. The van der Waals surface area contributed by atoms with Gasteiger partial charge in [-0.3, -0.25) is 3.97 Å². The normalized spacial score (nSPS) is 12.1. The number of hydrogen-bond donors (Lipinski definition) is 2. The molecule has 3 heterocycles. The number of aromatic nitrogens is 3. The molecule has 30 heavy (non-hydrogen) atoms. The van der Waals surface area contributed by atoms with Gasteiger partial charge in [-0.25, -0.2) is 14.8 Å². The number of nitrogens with zero attached hydrogens (tertiary/aromatic N) is 3. The number of aliphatic carboxylic acids is 1. The Morgan fingerprint density at radius 1 is 1.20 bits per heavy atom. The first kappa shape index (κ1) is 20.6. The van der Waals surface area contributed by atoms with Crippen LogP contribution in [0.15, 0.2) is 60.9 Å². The van der Waals surface area contributed by atoms with Crippen LogP contribution in [0, 0.1) is 0 Å². The number of methoxy groups -OCH3 is 1. The Kier molecular flexibility index (Phi) is 5.93. The van der Waals surface area contributed by atoms with Crippen LogP contribution in [-0.4, -0.2) is 37.2 Å². The van der Waals surface area contributed by atoms with Crippen molar-refractivity contribution in [2.75, 3.05) is 7.11 Å². The maximum Gasteiger partial charge on any atom is 0.338 e. The molecule has 0 saturated heterocycles. The maximum atomic E-state index is 11.1. The van der Waals surface area contributed by atoms with Crippen molar-refractivity contribution in [2.24, 2.45) is 0 Å². The molecule has 1 aromatic carbocycles. The summed E-state index contributed by atoms with van der Waals surface area (Å²) in [6, 6.07) is 14.6. The minimum atomic E-state index is -1.68. The lowest BCUT2D eigenvalue weighted by molar-refractivity contribution is -0.147. The summed E-state index contributed by atoms with van der Waals surface area (Å²) in [5.74, 6) is -0.590. The molecule has 0 spiro atoms. The summed E-state index contributed by atoms with van der Waals surface area (Å²) in [5.41, 5.74) is 4.02. The van der Waals surface area contributed by atoms with Crippen LogP contribution >= 0.6 is 30.3 Å². The zero-order valence-corrected chi connectivity index (χ0v) is 18.7. The Hall–Kier alpha value is -2.63. The number of aliphatic hydroxyl groups is 1. The fraction of sp³-hybridized carbons (Fsp3) is 0.0952. The average molecular weight is 533 g/mol. The number of halogens is 1. The highest BCUT2D eigenvalue weighted by Gasteiger charge is 2.19. The SMILES string of the molecule is COc1ccccc1-c1cn(SI)c2ncc(-c3cccc(C(O)C(=O)O)n3)cc12. The van der Waals surface area contributed by atoms with Crippen LogP contribution in [0.25, 0.3) is 33.4 Å². The fourth-order valence-corrected chi connectivity index (χ4v) is 4.50. The van der Waals surface area contributed by atoms with E-state index in [2.05, 4.69) is 31.2 Å². The summed E-state index contributed by atoms with van der Waals surface area (Å²) in [7, 11) is 3.14. The molecule has 3 aromatic heterocycles. The number of carboxylic acid groups (broad SMARTS) is 1. The van der Waals surface area contributed by atoms with Crippen molar-refractivity contribution < 1.29 is 19.7 Å². The monoisotopic (exact) mass is 533 g/mol. The van der Waals surface area contributed by atoms with Gasteiger partial charge in [-0.15, -0.1) is 0 Å². The molecule has 0 saturated carbocycles. The number of aliphatic hydroxyl groups excluding tert-OH is 1. The van der Waals surface area contributed by atoms with E-state index < -0.39 is 12.1 Å². The van der Waals surface area contributed by atoms with Crippen LogP contribution in [-0.2, 0) is 4.79 Å². The fourth-order valence-electron chi connectivity index (χ4n) is 3.24. The van der Waals surface area contributed by atoms with Crippen LogP contribution in [0.3, 0.4) is 0 Å². The van der Waals surface area contributed by atoms with Gasteiger partial charge >= 0.3 is 5.97 Å². The standard InChI is InChI=1S/C21H16IN3O4S/c1-29-18-8-3-2-5-13(18)15-11-25(30-22)20-14(15)9-12(10-23-20)16-6-4-7-17(24-16)19(26)21(27)28/h2-11,19,26H,1H3,(H,27,28). The van der Waals surface area contributed by atoms with Crippen LogP contribution in [0.2, 0.25) is 0 Å². The molecular formula is C21H16IN3O4S. The van der Waals surface area contributed by atoms with Crippen molar-refractivity contribution in [1.29, 1.82) is 0 Å². The molecule has 1 atom stereocenters. The molecule has 152 valence electrons. The molecule has 1 unspecified atom stereocenters. The van der Waals surface area contributed by atoms with Gasteiger partial charge in [0.05, 0.1) is 18.5 Å². The zero-order valence-electron chi connectivity index (χ0n) is 15.7. The van der Waals surface area contributed by atoms with Crippen LogP contribution < -0.4 is 4.74 Å². The molecule has 4 rings (SSSR count). The second-order valence-corrected chi connectivity index (χ2v) is 8.13. The van der Waals surface area contributed by atoms with Crippen molar-refractivity contribution in [2.45, 2.75) is 6.10 Å². The summed E-state index contributed by atoms with van der Waals surface area (Å²) in [6.45, 7) is 0. The van der Waals surface area contributed by atoms with E-state index in [9.17, 15) is 9.90 Å². The third-order valence-corrected chi connectivity index (χ3v) is 6.36. The number of rotatable bonds is 6. The van der Waals surface area contributed by atoms with E-state index in [4.69, 9.17) is 9.84 Å². The largest absolute Gasteiger partial charge is 0.496 e. The molecule has 0 aliphatic rings. The highest BCUT2D eigenvalue weighted by Crippen LogP contribution is 2.39. The number of fused-ring (bicyclic) bond motifs is 1. The minimum absolute atomic E-state index is 0.0745. The van der Waals surface area contributed by atoms with Crippen LogP contribution in [0.5, 0.6) is 5.75 Å². The first-order valence-corrected chi connectivity index (χ1v) is 12.2. The summed E-state index contributed by atoms with van der Waals surface area (Å²) in [4.78, 5) is 20.0. The van der Waals surface area contributed by atoms with Crippen molar-refractivity contribution in [3.63, 3.8) is 0 Å². The van der Waals surface area contributed by atoms with Gasteiger partial charge in [-0.05, 0) is 24.3 Å². The summed E-state index contributed by atoms with van der Waals surface area (Å²) in [6.07, 6.45) is 2.02. The molecule has 0 bridgehead atoms. The van der Waals surface area contributed by atoms with Gasteiger partial charge in [0, 0.05) is 64.8 Å². The number of pyridine rings is 2. The van der Waals surface area contributed by atoms with Gasteiger partial charge < -0.3 is 14.9 Å². The van der Waals surface area contributed by atoms with Gasteiger partial charge in [0.1, 0.15) is 5.75 Å². The maximum absolute atomic E-state index is 11.1. The third kappa shape index (κ3) is 3.75. The lowest BCUT2D eigenvalue weighted by Crippen LogP contribution is -2.12. The van der Waals surface area contributed by atoms with Crippen molar-refractivity contribution in [3.05, 3.63) is 66.6 Å². The average Bonchev–Trinajstić information content (AvgIpc) is 3.16. The first-order chi connectivity index (χ1) is 14.5. The Morgan fingerprint density at radius 3 is 2.73 bits per heavy atom. The predicted molar refractivity (Wildman–Crippen MR) is 125 cm³/mol. The van der Waals surface area contributed by atoms with Gasteiger partial charge in [-0.2, -0.15) is 0 Å². The summed E-state index contributed by atoms with van der Waals surface area (Å²) in [5, 5.41) is 19.8. The highest BCUT2D eigenvalue weighted by atomic mass is 127. The number of carboxylic acids is 1. The first-order valence-electron chi connectivity index (χ1n) is 8.85. The van der Waals surface area contributed by atoms with Gasteiger partial charge in [0.25, 0.3) is 0 Å². The van der Waals surface area contributed by atoms with Crippen molar-refractivity contribution in [1.82, 2.24) is 13.9 Å². The number of para-hydroxylation sites is 1. The number of hydrogen-bond acceptors (Lipinski definition) is 6. The third-order valence-electron chi connectivity index (χ3n) is 4.66. The quantitative estimate of drug-likeness (QED) is 0.346. The van der Waals surface area contributed by atoms with Crippen molar-refractivity contribution >= 4 is 47.3 Å². The Bertz CT molecular complexity index is 1240. The van der Waals surface area contributed by atoms with E-state index in [1.54, 1.807) is 25.4 Å². The van der Waals surface area contributed by atoms with Crippen LogP contribution in [0.4, 0.5) is 0 Å². The summed E-state index contributed by atoms with van der Waals surface area (Å²) < 4.78 is 7.51. The van der Waals surface area contributed by atoms with E-state index in [0.717, 1.165) is 27.9 Å². The second kappa shape index (κ2) is 8.62. The number of benzene rings is 1. The lowest BCUT2D eigenvalue weighted by Gasteiger charge is -2.09. The second-order valence-electron chi connectivity index (χ2n) is 6.42. The van der Waals surface area contributed by atoms with Gasteiger partial charge in [-0.1, -0.05) is 24.3 Å². The topological polar surface area (TPSA) is 97.5 Å². The van der Waals surface area contributed by atoms with E-state index in [1.807, 2.05) is 40.5 Å². The number of carbonyl (C=O) groups is 1. The van der Waals surface area contributed by atoms with E-state index in [0.29, 0.717) is 11.3 Å². The van der Waals surface area contributed by atoms with Gasteiger partial charge in [0.2, 0.25) is 0 Å². The molecular weight excluding hydrogens is 517 g/mol. The molecule has 0 radical (unpaired) electrons. The van der Waals surface area contributed by atoms with E-state index in [1.165, 1.54) is 15.2 Å². The molecule has 4 aromatic rings. The van der Waals surface area contributed by atoms with E-state index in [-0.39, 0.29) is 5.69 Å². The Balaban J connectivity index is 1.89. The molecule has 9 heteroatoms. The molecule has 0 fully saturated rings. The van der Waals surface area contributed by atoms with Crippen molar-refractivity contribution in [3.8, 4) is 28.1 Å². The predicted octanol–water partition coefficient (Wildman–Crippen LogP) is 4.74. The molecule has 2 N–H and O–H groups in total. The molecule has 7 nitrogen and oxygen atoms in total. The van der Waals surface area contributed by atoms with Crippen LogP contribution in [0.1, 0.15) is 11.8 Å². The Morgan fingerprint density at radius 2 is 2.00 bits per heavy atom. The molecule has 0 aliphatic carbocycles. The summed E-state index contributed by atoms with van der Waals surface area (Å²) >= 11 is 2.20. The number of ether oxygens (including phenoxy) is 1. The molecule has 0 aliphatic heterocycles.